The van der Waals surface area contributed by atoms with E-state index in [1.807, 2.05) is 12.1 Å². The number of benzene rings is 1. The number of carboxylic acid groups (broad SMARTS) is 1. The minimum atomic E-state index is -1.20. The number of hydrogen-bond donors (Lipinski definition) is 1. The first-order valence-corrected chi connectivity index (χ1v) is 4.72. The summed E-state index contributed by atoms with van der Waals surface area (Å²) < 4.78 is 5.25. The first-order chi connectivity index (χ1) is 7.70. The molecule has 0 spiro atoms. The zero-order valence-corrected chi connectivity index (χ0v) is 8.43. The van der Waals surface area contributed by atoms with E-state index in [2.05, 4.69) is 4.85 Å². The third-order valence-corrected chi connectivity index (χ3v) is 2.39. The van der Waals surface area contributed by atoms with Gasteiger partial charge in [0.2, 0.25) is 0 Å². The lowest BCUT2D eigenvalue weighted by atomic mass is 10.1. The van der Waals surface area contributed by atoms with Crippen LogP contribution in [0.2, 0.25) is 0 Å². The van der Waals surface area contributed by atoms with Crippen LogP contribution in [-0.4, -0.2) is 11.1 Å². The number of carbonyl (C=O) groups is 1. The van der Waals surface area contributed by atoms with Crippen molar-refractivity contribution >= 4 is 12.0 Å². The molecule has 0 fully saturated rings. The van der Waals surface area contributed by atoms with Gasteiger partial charge in [-0.25, -0.2) is 4.85 Å². The lowest BCUT2D eigenvalue weighted by molar-refractivity contribution is -0.132. The summed E-state index contributed by atoms with van der Waals surface area (Å²) in [5, 5.41) is 8.72. The van der Waals surface area contributed by atoms with Crippen LogP contribution in [0.15, 0.2) is 23.9 Å². The van der Waals surface area contributed by atoms with Crippen LogP contribution in [0.5, 0.6) is 0 Å². The van der Waals surface area contributed by atoms with Gasteiger partial charge in [-0.15, -0.1) is 0 Å². The number of carboxylic acids is 1. The molecular weight excluding hydrogens is 206 g/mol. The number of ether oxygens (including phenoxy) is 1. The summed E-state index contributed by atoms with van der Waals surface area (Å²) in [6.45, 7) is 7.90. The van der Waals surface area contributed by atoms with Gasteiger partial charge in [-0.3, -0.25) is 4.79 Å². The van der Waals surface area contributed by atoms with Crippen LogP contribution in [0.4, 0.5) is 0 Å². The van der Waals surface area contributed by atoms with Gasteiger partial charge in [0.25, 0.3) is 5.70 Å². The summed E-state index contributed by atoms with van der Waals surface area (Å²) >= 11 is 0. The highest BCUT2D eigenvalue weighted by Crippen LogP contribution is 2.22. The molecule has 4 heteroatoms. The summed E-state index contributed by atoms with van der Waals surface area (Å²) in [4.78, 5) is 13.6. The van der Waals surface area contributed by atoms with Gasteiger partial charge in [0.05, 0.1) is 19.8 Å². The van der Waals surface area contributed by atoms with Crippen LogP contribution < -0.4 is 0 Å². The number of rotatable bonds is 2. The van der Waals surface area contributed by atoms with Gasteiger partial charge >= 0.3 is 5.97 Å². The van der Waals surface area contributed by atoms with E-state index < -0.39 is 5.97 Å². The third kappa shape index (κ3) is 1.95. The smallest absolute Gasteiger partial charge is 0.333 e. The second kappa shape index (κ2) is 4.17. The van der Waals surface area contributed by atoms with Gasteiger partial charge < -0.3 is 9.84 Å². The standard InChI is InChI=1S/C12H9NO3/c1-13-11(12(14)15)5-8-2-3-9-6-16-7-10(9)4-8/h2-5H,6-7H2,(H,14,15). The zero-order chi connectivity index (χ0) is 11.5. The lowest BCUT2D eigenvalue weighted by Crippen LogP contribution is -1.95. The molecule has 0 saturated carbocycles. The van der Waals surface area contributed by atoms with Crippen LogP contribution in [0.3, 0.4) is 0 Å². The molecule has 4 nitrogen and oxygen atoms in total. The molecule has 1 aromatic rings. The SMILES string of the molecule is [C-]#[N+]C(=Cc1ccc2c(c1)COC2)C(=O)O. The van der Waals surface area contributed by atoms with Crippen LogP contribution in [-0.2, 0) is 22.7 Å². The highest BCUT2D eigenvalue weighted by Gasteiger charge is 2.12. The number of fused-ring (bicyclic) bond motifs is 1. The molecule has 1 aliphatic heterocycles. The monoisotopic (exact) mass is 215 g/mol. The maximum atomic E-state index is 10.7. The van der Waals surface area contributed by atoms with E-state index in [4.69, 9.17) is 16.4 Å². The maximum Gasteiger partial charge on any atom is 0.333 e. The molecule has 1 aliphatic rings. The Morgan fingerprint density at radius 2 is 2.19 bits per heavy atom. The normalized spacial score (nSPS) is 14.3. The molecule has 2 rings (SSSR count). The number of aliphatic carboxylic acids is 1. The Kier molecular flexibility index (Phi) is 2.71. The molecule has 0 aliphatic carbocycles. The van der Waals surface area contributed by atoms with E-state index in [1.54, 1.807) is 6.07 Å². The summed E-state index contributed by atoms with van der Waals surface area (Å²) in [7, 11) is 0. The molecule has 1 N–H and O–H groups in total. The summed E-state index contributed by atoms with van der Waals surface area (Å²) in [6, 6.07) is 5.55. The molecule has 0 radical (unpaired) electrons. The van der Waals surface area contributed by atoms with Crippen molar-refractivity contribution in [3.8, 4) is 0 Å². The van der Waals surface area contributed by atoms with E-state index in [0.29, 0.717) is 13.2 Å². The third-order valence-electron chi connectivity index (χ3n) is 2.39. The van der Waals surface area contributed by atoms with E-state index >= 15 is 0 Å². The molecule has 0 saturated heterocycles. The Balaban J connectivity index is 2.36. The molecule has 0 unspecified atom stereocenters. The van der Waals surface area contributed by atoms with Crippen molar-refractivity contribution in [3.05, 3.63) is 52.0 Å². The van der Waals surface area contributed by atoms with Gasteiger partial charge in [0.15, 0.2) is 0 Å². The first kappa shape index (κ1) is 10.4. The van der Waals surface area contributed by atoms with Crippen molar-refractivity contribution in [2.45, 2.75) is 13.2 Å². The van der Waals surface area contributed by atoms with E-state index in [1.165, 1.54) is 6.08 Å². The average molecular weight is 215 g/mol. The molecule has 1 heterocycles. The van der Waals surface area contributed by atoms with Crippen molar-refractivity contribution < 1.29 is 14.6 Å². The maximum absolute atomic E-state index is 10.7. The molecule has 1 aromatic carbocycles. The van der Waals surface area contributed by atoms with Gasteiger partial charge in [-0.1, -0.05) is 18.2 Å². The van der Waals surface area contributed by atoms with Gasteiger partial charge in [-0.2, -0.15) is 0 Å². The number of nitrogens with zero attached hydrogens (tertiary/aromatic N) is 1. The van der Waals surface area contributed by atoms with Crippen LogP contribution in [0, 0.1) is 6.57 Å². The molecule has 0 aromatic heterocycles. The molecular formula is C12H9NO3. The van der Waals surface area contributed by atoms with E-state index in [-0.39, 0.29) is 5.70 Å². The minimum Gasteiger partial charge on any atom is -0.486 e. The van der Waals surface area contributed by atoms with E-state index in [9.17, 15) is 4.79 Å². The Morgan fingerprint density at radius 1 is 1.44 bits per heavy atom. The molecule has 0 amide bonds. The van der Waals surface area contributed by atoms with Crippen molar-refractivity contribution in [1.29, 1.82) is 0 Å². The molecule has 16 heavy (non-hydrogen) atoms. The summed E-state index contributed by atoms with van der Waals surface area (Å²) in [5.74, 6) is -1.20. The Bertz CT molecular complexity index is 511. The summed E-state index contributed by atoms with van der Waals surface area (Å²) in [5.41, 5.74) is 2.62. The van der Waals surface area contributed by atoms with Crippen LogP contribution >= 0.6 is 0 Å². The zero-order valence-electron chi connectivity index (χ0n) is 8.43. The first-order valence-electron chi connectivity index (χ1n) is 4.72. The number of hydrogen-bond acceptors (Lipinski definition) is 2. The highest BCUT2D eigenvalue weighted by atomic mass is 16.5. The summed E-state index contributed by atoms with van der Waals surface area (Å²) in [6.07, 6.45) is 1.37. The van der Waals surface area contributed by atoms with Gasteiger partial charge in [0.1, 0.15) is 0 Å². The predicted octanol–water partition coefficient (Wildman–Crippen LogP) is 2.06. The lowest BCUT2D eigenvalue weighted by Gasteiger charge is -1.99. The quantitative estimate of drug-likeness (QED) is 0.606. The Hall–Kier alpha value is -2.12. The minimum absolute atomic E-state index is 0.279. The van der Waals surface area contributed by atoms with Gasteiger partial charge in [-0.05, 0) is 22.8 Å². The fourth-order valence-corrected chi connectivity index (χ4v) is 1.58. The topological polar surface area (TPSA) is 50.9 Å². The predicted molar refractivity (Wildman–Crippen MR) is 57.1 cm³/mol. The average Bonchev–Trinajstić information content (AvgIpc) is 2.72. The van der Waals surface area contributed by atoms with Crippen LogP contribution in [0.1, 0.15) is 16.7 Å². The fourth-order valence-electron chi connectivity index (χ4n) is 1.58. The molecule has 0 atom stereocenters. The fraction of sp³-hybridized carbons (Fsp3) is 0.167. The molecule has 80 valence electrons. The van der Waals surface area contributed by atoms with Crippen molar-refractivity contribution in [3.63, 3.8) is 0 Å². The second-order valence-electron chi connectivity index (χ2n) is 3.47. The van der Waals surface area contributed by atoms with Crippen molar-refractivity contribution in [1.82, 2.24) is 0 Å². The van der Waals surface area contributed by atoms with Crippen molar-refractivity contribution in [2.24, 2.45) is 0 Å². The van der Waals surface area contributed by atoms with Crippen molar-refractivity contribution in [2.75, 3.05) is 0 Å². The molecule has 0 bridgehead atoms. The van der Waals surface area contributed by atoms with Crippen LogP contribution in [0.25, 0.3) is 10.9 Å². The highest BCUT2D eigenvalue weighted by molar-refractivity contribution is 5.94. The Labute approximate surface area is 92.6 Å². The second-order valence-corrected chi connectivity index (χ2v) is 3.47. The largest absolute Gasteiger partial charge is 0.486 e. The van der Waals surface area contributed by atoms with Gasteiger partial charge in [0, 0.05) is 0 Å². The Morgan fingerprint density at radius 3 is 2.88 bits per heavy atom. The van der Waals surface area contributed by atoms with E-state index in [0.717, 1.165) is 16.7 Å².